The molecular weight excluding hydrogens is 338 g/mol. The van der Waals surface area contributed by atoms with E-state index in [4.69, 9.17) is 10.00 Å². The van der Waals surface area contributed by atoms with Crippen molar-refractivity contribution in [2.24, 2.45) is 0 Å². The molecule has 0 fully saturated rings. The van der Waals surface area contributed by atoms with Gasteiger partial charge >= 0.3 is 12.0 Å². The van der Waals surface area contributed by atoms with E-state index in [-0.39, 0.29) is 12.2 Å². The Morgan fingerprint density at radius 1 is 1.04 bits per heavy atom. The van der Waals surface area contributed by atoms with Crippen molar-refractivity contribution < 1.29 is 23.9 Å². The zero-order valence-corrected chi connectivity index (χ0v) is 13.8. The number of nitriles is 1. The number of nitrogens with zero attached hydrogens (tertiary/aromatic N) is 1. The first-order valence-electron chi connectivity index (χ1n) is 7.44. The second kappa shape index (κ2) is 8.84. The number of anilines is 1. The summed E-state index contributed by atoms with van der Waals surface area (Å²) < 4.78 is 9.61. The maximum atomic E-state index is 12.0. The summed E-state index contributed by atoms with van der Waals surface area (Å²) in [4.78, 5) is 34.9. The van der Waals surface area contributed by atoms with Crippen molar-refractivity contribution in [3.05, 3.63) is 59.7 Å². The number of urea groups is 1. The number of benzene rings is 2. The Bertz CT molecular complexity index is 839. The largest absolute Gasteiger partial charge is 0.482 e. The van der Waals surface area contributed by atoms with Gasteiger partial charge in [0, 0.05) is 11.3 Å². The first-order chi connectivity index (χ1) is 12.5. The van der Waals surface area contributed by atoms with Crippen LogP contribution in [0.3, 0.4) is 0 Å². The number of ether oxygens (including phenoxy) is 2. The molecular formula is C18H15N3O5. The summed E-state index contributed by atoms with van der Waals surface area (Å²) in [5.74, 6) is -0.740. The maximum absolute atomic E-state index is 12.0. The molecule has 0 aliphatic heterocycles. The number of imide groups is 1. The van der Waals surface area contributed by atoms with Gasteiger partial charge in [-0.05, 0) is 48.5 Å². The molecule has 3 amide bonds. The van der Waals surface area contributed by atoms with Crippen molar-refractivity contribution in [3.63, 3.8) is 0 Å². The monoisotopic (exact) mass is 353 g/mol. The van der Waals surface area contributed by atoms with Crippen LogP contribution in [0.5, 0.6) is 5.75 Å². The second-order valence-corrected chi connectivity index (χ2v) is 4.99. The number of rotatable bonds is 5. The summed E-state index contributed by atoms with van der Waals surface area (Å²) in [6.45, 7) is -0.241. The average molecular weight is 353 g/mol. The highest BCUT2D eigenvalue weighted by Gasteiger charge is 2.11. The molecule has 0 radical (unpaired) electrons. The summed E-state index contributed by atoms with van der Waals surface area (Å²) in [5, 5.41) is 13.4. The van der Waals surface area contributed by atoms with E-state index >= 15 is 0 Å². The lowest BCUT2D eigenvalue weighted by atomic mass is 10.2. The van der Waals surface area contributed by atoms with Crippen molar-refractivity contribution in [2.75, 3.05) is 19.0 Å². The van der Waals surface area contributed by atoms with Crippen molar-refractivity contribution >= 4 is 23.6 Å². The molecule has 0 aliphatic carbocycles. The lowest BCUT2D eigenvalue weighted by Crippen LogP contribution is -2.34. The third kappa shape index (κ3) is 5.35. The number of nitrogens with one attached hydrogen (secondary N) is 2. The lowest BCUT2D eigenvalue weighted by Gasteiger charge is -2.08. The summed E-state index contributed by atoms with van der Waals surface area (Å²) >= 11 is 0. The smallest absolute Gasteiger partial charge is 0.343 e. The van der Waals surface area contributed by atoms with E-state index in [0.717, 1.165) is 0 Å². The molecule has 2 rings (SSSR count). The Balaban J connectivity index is 1.88. The number of esters is 1. The highest BCUT2D eigenvalue weighted by Crippen LogP contribution is 2.12. The molecule has 0 heterocycles. The molecule has 2 aromatic carbocycles. The van der Waals surface area contributed by atoms with E-state index in [1.807, 2.05) is 6.07 Å². The summed E-state index contributed by atoms with van der Waals surface area (Å²) in [5.41, 5.74) is 1.15. The topological polar surface area (TPSA) is 118 Å². The minimum atomic E-state index is -0.703. The van der Waals surface area contributed by atoms with E-state index in [0.29, 0.717) is 17.0 Å². The Morgan fingerprint density at radius 2 is 1.69 bits per heavy atom. The Hall–Kier alpha value is -3.86. The van der Waals surface area contributed by atoms with Crippen LogP contribution in [0, 0.1) is 11.3 Å². The molecule has 132 valence electrons. The highest BCUT2D eigenvalue weighted by molar-refractivity contribution is 6.08. The summed E-state index contributed by atoms with van der Waals surface area (Å²) in [7, 11) is 1.25. The number of carbonyl (C=O) groups is 3. The Kier molecular flexibility index (Phi) is 6.28. The zero-order valence-electron chi connectivity index (χ0n) is 13.8. The van der Waals surface area contributed by atoms with Crippen LogP contribution in [0.25, 0.3) is 0 Å². The van der Waals surface area contributed by atoms with E-state index in [9.17, 15) is 14.4 Å². The van der Waals surface area contributed by atoms with E-state index in [2.05, 4.69) is 15.4 Å². The van der Waals surface area contributed by atoms with Crippen molar-refractivity contribution in [3.8, 4) is 11.8 Å². The highest BCUT2D eigenvalue weighted by atomic mass is 16.6. The van der Waals surface area contributed by atoms with Crippen molar-refractivity contribution in [1.29, 1.82) is 5.26 Å². The fourth-order valence-electron chi connectivity index (χ4n) is 1.87. The fraction of sp³-hybridized carbons (Fsp3) is 0.111. The number of methoxy groups -OCH3 is 1. The normalized spacial score (nSPS) is 9.54. The second-order valence-electron chi connectivity index (χ2n) is 4.99. The van der Waals surface area contributed by atoms with Crippen LogP contribution in [0.2, 0.25) is 0 Å². The van der Waals surface area contributed by atoms with Gasteiger partial charge in [0.25, 0.3) is 5.91 Å². The van der Waals surface area contributed by atoms with Gasteiger partial charge in [-0.3, -0.25) is 10.1 Å². The van der Waals surface area contributed by atoms with Crippen LogP contribution in [-0.2, 0) is 9.53 Å². The molecule has 8 heteroatoms. The zero-order chi connectivity index (χ0) is 18.9. The first-order valence-corrected chi connectivity index (χ1v) is 7.44. The van der Waals surface area contributed by atoms with E-state index < -0.39 is 17.9 Å². The molecule has 0 aliphatic rings. The van der Waals surface area contributed by atoms with Gasteiger partial charge in [-0.15, -0.1) is 0 Å². The first kappa shape index (κ1) is 18.5. The lowest BCUT2D eigenvalue weighted by molar-refractivity contribution is -0.142. The Morgan fingerprint density at radius 3 is 2.27 bits per heavy atom. The van der Waals surface area contributed by atoms with E-state index in [1.54, 1.807) is 24.3 Å². The average Bonchev–Trinajstić information content (AvgIpc) is 2.66. The van der Waals surface area contributed by atoms with Crippen LogP contribution in [-0.4, -0.2) is 31.6 Å². The van der Waals surface area contributed by atoms with E-state index in [1.165, 1.54) is 31.4 Å². The Labute approximate surface area is 149 Å². The summed E-state index contributed by atoms with van der Waals surface area (Å²) in [6.07, 6.45) is 0. The van der Waals surface area contributed by atoms with Crippen LogP contribution >= 0.6 is 0 Å². The van der Waals surface area contributed by atoms with Crippen molar-refractivity contribution in [2.45, 2.75) is 0 Å². The molecule has 0 unspecified atom stereocenters. The molecule has 0 spiro atoms. The minimum Gasteiger partial charge on any atom is -0.482 e. The van der Waals surface area contributed by atoms with Gasteiger partial charge in [-0.25, -0.2) is 9.59 Å². The SMILES string of the molecule is COC(=O)COc1ccc(C(=O)NC(=O)Nc2ccc(C#N)cc2)cc1. The molecule has 0 bridgehead atoms. The van der Waals surface area contributed by atoms with Crippen LogP contribution in [0.4, 0.5) is 10.5 Å². The van der Waals surface area contributed by atoms with Gasteiger partial charge in [-0.1, -0.05) is 0 Å². The van der Waals surface area contributed by atoms with Crippen LogP contribution < -0.4 is 15.4 Å². The molecule has 8 nitrogen and oxygen atoms in total. The summed E-state index contributed by atoms with van der Waals surface area (Å²) in [6, 6.07) is 13.4. The van der Waals surface area contributed by atoms with Crippen LogP contribution in [0.15, 0.2) is 48.5 Å². The van der Waals surface area contributed by atoms with Gasteiger partial charge in [0.1, 0.15) is 5.75 Å². The fourth-order valence-corrected chi connectivity index (χ4v) is 1.87. The third-order valence-corrected chi connectivity index (χ3v) is 3.20. The third-order valence-electron chi connectivity index (χ3n) is 3.20. The van der Waals surface area contributed by atoms with Gasteiger partial charge in [0.05, 0.1) is 18.7 Å². The molecule has 0 saturated heterocycles. The number of hydrogen-bond acceptors (Lipinski definition) is 6. The number of amides is 3. The van der Waals surface area contributed by atoms with Gasteiger partial charge in [0.2, 0.25) is 0 Å². The molecule has 0 saturated carbocycles. The van der Waals surface area contributed by atoms with Gasteiger partial charge in [-0.2, -0.15) is 5.26 Å². The number of carbonyl (C=O) groups excluding carboxylic acids is 3. The molecule has 2 N–H and O–H groups in total. The molecule has 0 aromatic heterocycles. The maximum Gasteiger partial charge on any atom is 0.343 e. The standard InChI is InChI=1S/C18H15N3O5/c1-25-16(22)11-26-15-8-4-13(5-9-15)17(23)21-18(24)20-14-6-2-12(10-19)3-7-14/h2-9H,11H2,1H3,(H2,20,21,23,24). The predicted molar refractivity (Wildman–Crippen MR) is 91.6 cm³/mol. The van der Waals surface area contributed by atoms with Crippen LogP contribution in [0.1, 0.15) is 15.9 Å². The molecule has 2 aromatic rings. The molecule has 0 atom stereocenters. The van der Waals surface area contributed by atoms with Crippen molar-refractivity contribution in [1.82, 2.24) is 5.32 Å². The quantitative estimate of drug-likeness (QED) is 0.795. The van der Waals surface area contributed by atoms with Gasteiger partial charge < -0.3 is 14.8 Å². The molecule has 26 heavy (non-hydrogen) atoms. The number of hydrogen-bond donors (Lipinski definition) is 2. The predicted octanol–water partition coefficient (Wildman–Crippen LogP) is 2.07. The van der Waals surface area contributed by atoms with Gasteiger partial charge in [0.15, 0.2) is 6.61 Å². The minimum absolute atomic E-state index is 0.241.